The highest BCUT2D eigenvalue weighted by molar-refractivity contribution is 5.71. The van der Waals surface area contributed by atoms with Gasteiger partial charge in [-0.2, -0.15) is 0 Å². The van der Waals surface area contributed by atoms with E-state index in [1.54, 1.807) is 0 Å². The van der Waals surface area contributed by atoms with Crippen LogP contribution in [0, 0.1) is 0 Å². The van der Waals surface area contributed by atoms with Crippen LogP contribution in [0.1, 0.15) is 271 Å². The Balaban J connectivity index is 4.19. The number of hydrogen-bond donors (Lipinski definition) is 1. The second-order valence-corrected chi connectivity index (χ2v) is 26.2. The summed E-state index contributed by atoms with van der Waals surface area (Å²) in [5, 5.41) is 9.77. The lowest BCUT2D eigenvalue weighted by atomic mass is 10.0. The van der Waals surface area contributed by atoms with E-state index in [4.69, 9.17) is 18.9 Å². The quantitative estimate of drug-likeness (QED) is 0.0211. The van der Waals surface area contributed by atoms with Crippen LogP contribution in [0.2, 0.25) is 0 Å². The molecule has 0 amide bonds. The number of quaternary nitrogens is 1. The molecule has 0 saturated heterocycles. The fourth-order valence-corrected chi connectivity index (χ4v) is 9.88. The number of ether oxygens (including phenoxy) is 4. The summed E-state index contributed by atoms with van der Waals surface area (Å²) in [5.41, 5.74) is 0. The van der Waals surface area contributed by atoms with Crippen LogP contribution in [0.3, 0.4) is 0 Å². The Bertz CT molecular complexity index is 2440. The molecule has 0 aromatic carbocycles. The van der Waals surface area contributed by atoms with Crippen LogP contribution < -0.4 is 0 Å². The van der Waals surface area contributed by atoms with Gasteiger partial charge in [-0.25, -0.2) is 4.79 Å². The second-order valence-electron chi connectivity index (χ2n) is 26.2. The number of nitrogens with zero attached hydrogens (tertiary/aromatic N) is 1. The van der Waals surface area contributed by atoms with Crippen LogP contribution in [0.25, 0.3) is 0 Å². The van der Waals surface area contributed by atoms with Crippen molar-refractivity contribution in [2.24, 2.45) is 0 Å². The Morgan fingerprint density at radius 1 is 0.303 bits per heavy atom. The minimum atomic E-state index is -1.53. The van der Waals surface area contributed by atoms with Gasteiger partial charge in [-0.15, -0.1) is 0 Å². The molecule has 0 spiro atoms. The van der Waals surface area contributed by atoms with Gasteiger partial charge in [0.2, 0.25) is 0 Å². The molecule has 0 rings (SSSR count). The van der Waals surface area contributed by atoms with Crippen molar-refractivity contribution in [3.8, 4) is 0 Å². The molecule has 1 N–H and O–H groups in total. The number of esters is 2. The highest BCUT2D eigenvalue weighted by Gasteiger charge is 2.25. The lowest BCUT2D eigenvalue weighted by Gasteiger charge is -2.25. The molecule has 0 aliphatic rings. The Kier molecular flexibility index (Phi) is 72.4. The first-order valence-corrected chi connectivity index (χ1v) is 38.9. The first-order valence-electron chi connectivity index (χ1n) is 38.9. The number of carbonyl (C=O) groups excluding carboxylic acids is 2. The molecular weight excluding hydrogens is 1220 g/mol. The van der Waals surface area contributed by atoms with Crippen molar-refractivity contribution in [3.05, 3.63) is 219 Å². The number of allylic oxidation sites excluding steroid dienone is 36. The van der Waals surface area contributed by atoms with Gasteiger partial charge in [-0.05, 0) is 154 Å². The predicted octanol–water partition coefficient (Wildman–Crippen LogP) is 25.2. The van der Waals surface area contributed by atoms with Gasteiger partial charge in [0.25, 0.3) is 6.29 Å². The molecule has 0 heterocycles. The average Bonchev–Trinajstić information content (AvgIpc) is 1.14. The zero-order valence-electron chi connectivity index (χ0n) is 63.3. The molecule has 554 valence electrons. The third-order valence-electron chi connectivity index (χ3n) is 15.7. The van der Waals surface area contributed by atoms with Crippen LogP contribution in [-0.4, -0.2) is 87.4 Å². The van der Waals surface area contributed by atoms with Gasteiger partial charge in [0.05, 0.1) is 34.4 Å². The molecule has 99 heavy (non-hydrogen) atoms. The maximum atomic E-state index is 13.0. The van der Waals surface area contributed by atoms with Crippen molar-refractivity contribution in [2.45, 2.75) is 283 Å². The Hall–Kier alpha value is -6.39. The van der Waals surface area contributed by atoms with Crippen molar-refractivity contribution in [1.29, 1.82) is 0 Å². The number of aliphatic carboxylic acids is 1. The normalized spacial score (nSPS) is 13.9. The van der Waals surface area contributed by atoms with Crippen molar-refractivity contribution in [1.82, 2.24) is 0 Å². The Morgan fingerprint density at radius 2 is 0.545 bits per heavy atom. The molecule has 2 unspecified atom stereocenters. The van der Waals surface area contributed by atoms with Crippen LogP contribution >= 0.6 is 0 Å². The minimum Gasteiger partial charge on any atom is -0.477 e. The summed E-state index contributed by atoms with van der Waals surface area (Å²) >= 11 is 0. The lowest BCUT2D eigenvalue weighted by Crippen LogP contribution is -2.40. The van der Waals surface area contributed by atoms with E-state index in [0.29, 0.717) is 17.4 Å². The SMILES string of the molecule is CC/C=C\C/C=C\C/C=C\C/C=C\C/C=C\C/C=C\C/C=C\C/C=C\C/C=C\CCCCCCCCCCCCCC(=O)OC(COC(=O)CCCCCCCCC/C=C\C/C=C\C/C=C\C/C=C\C/C=C\C/C=C\C/C=C\C/C=C\C/C=C\CC)COC(OCC[N+](C)(C)C)C(=O)O. The largest absolute Gasteiger partial charge is 0.477 e. The van der Waals surface area contributed by atoms with Gasteiger partial charge in [-0.3, -0.25) is 9.59 Å². The molecule has 2 atom stereocenters. The van der Waals surface area contributed by atoms with E-state index in [0.717, 1.165) is 173 Å². The molecular formula is C90H142NO8+. The minimum absolute atomic E-state index is 0.174. The molecule has 0 aromatic rings. The standard InChI is InChI=1S/C90H141NO8/c1-6-8-10-12-14-16-18-20-22-24-26-28-30-32-34-36-38-40-42-43-44-45-47-49-51-53-55-57-59-61-63-65-67-69-71-73-75-77-79-81-88(93)99-86(85-98-90(89(94)95)96-83-82-91(3,4)5)84-97-87(92)80-78-76-74-72-70-68-66-64-62-60-58-56-54-52-50-48-46-41-39-37-35-33-31-29-27-25-23-21-19-17-15-13-11-9-7-2/h8-11,14-17,20-23,26-29,32-35,38-41,43-44,47-50,53-56,60,62,86,90H,6-7,12-13,18-19,24-25,30-31,36-37,42,45-46,51-52,57-59,61,63-85H2,1-5H3/p+1/b10-8-,11-9-,16-14-,17-15-,22-20-,23-21-,28-26-,29-27-,34-32-,35-33-,40-38-,41-39-,44-43-,49-47-,50-48-,55-53-,56-54-,62-60-. The van der Waals surface area contributed by atoms with Gasteiger partial charge in [0, 0.05) is 12.8 Å². The Morgan fingerprint density at radius 3 is 0.808 bits per heavy atom. The highest BCUT2D eigenvalue weighted by atomic mass is 16.7. The molecule has 0 aliphatic heterocycles. The summed E-state index contributed by atoms with van der Waals surface area (Å²) in [7, 11) is 5.96. The molecule has 0 fully saturated rings. The predicted molar refractivity (Wildman–Crippen MR) is 428 cm³/mol. The summed E-state index contributed by atoms with van der Waals surface area (Å²) < 4.78 is 23.0. The van der Waals surface area contributed by atoms with E-state index in [9.17, 15) is 19.5 Å². The van der Waals surface area contributed by atoms with Crippen molar-refractivity contribution < 1.29 is 42.9 Å². The maximum absolute atomic E-state index is 13.0. The monoisotopic (exact) mass is 1370 g/mol. The topological polar surface area (TPSA) is 108 Å². The Labute approximate surface area is 607 Å². The molecule has 0 aliphatic carbocycles. The summed E-state index contributed by atoms with van der Waals surface area (Å²) in [6.07, 6.45) is 119. The number of carbonyl (C=O) groups is 3. The fourth-order valence-electron chi connectivity index (χ4n) is 9.88. The fraction of sp³-hybridized carbons (Fsp3) is 0.567. The molecule has 9 heteroatoms. The third-order valence-corrected chi connectivity index (χ3v) is 15.7. The van der Waals surface area contributed by atoms with Crippen LogP contribution in [0.4, 0.5) is 0 Å². The van der Waals surface area contributed by atoms with Gasteiger partial charge < -0.3 is 28.5 Å². The van der Waals surface area contributed by atoms with E-state index in [1.807, 2.05) is 21.1 Å². The number of hydrogen-bond acceptors (Lipinski definition) is 7. The molecule has 0 radical (unpaired) electrons. The van der Waals surface area contributed by atoms with Crippen LogP contribution in [0.5, 0.6) is 0 Å². The summed E-state index contributed by atoms with van der Waals surface area (Å²) in [6.45, 7) is 4.61. The van der Waals surface area contributed by atoms with E-state index >= 15 is 0 Å². The van der Waals surface area contributed by atoms with E-state index in [-0.39, 0.29) is 38.6 Å². The zero-order valence-corrected chi connectivity index (χ0v) is 63.3. The number of carboxylic acid groups (broad SMARTS) is 1. The summed E-state index contributed by atoms with van der Waals surface area (Å²) in [6, 6.07) is 0. The van der Waals surface area contributed by atoms with Crippen molar-refractivity contribution in [2.75, 3.05) is 47.5 Å². The highest BCUT2D eigenvalue weighted by Crippen LogP contribution is 2.16. The number of carboxylic acids is 1. The van der Waals surface area contributed by atoms with Crippen molar-refractivity contribution in [3.63, 3.8) is 0 Å². The molecule has 0 bridgehead atoms. The third kappa shape index (κ3) is 78.8. The van der Waals surface area contributed by atoms with Gasteiger partial charge in [0.15, 0.2) is 6.10 Å². The summed E-state index contributed by atoms with van der Waals surface area (Å²) in [5.74, 6) is -2.04. The van der Waals surface area contributed by atoms with E-state index in [2.05, 4.69) is 233 Å². The lowest BCUT2D eigenvalue weighted by molar-refractivity contribution is -0.870. The van der Waals surface area contributed by atoms with Crippen LogP contribution in [-0.2, 0) is 33.3 Å². The zero-order chi connectivity index (χ0) is 71.8. The summed E-state index contributed by atoms with van der Waals surface area (Å²) in [4.78, 5) is 37.7. The van der Waals surface area contributed by atoms with Gasteiger partial charge >= 0.3 is 17.9 Å². The van der Waals surface area contributed by atoms with Crippen molar-refractivity contribution >= 4 is 17.9 Å². The molecule has 9 nitrogen and oxygen atoms in total. The molecule has 0 saturated carbocycles. The maximum Gasteiger partial charge on any atom is 0.361 e. The second kappa shape index (κ2) is 77.3. The van der Waals surface area contributed by atoms with E-state index in [1.165, 1.54) is 64.2 Å². The number of likely N-dealkylation sites (N-methyl/N-ethyl adjacent to an activating group) is 1. The smallest absolute Gasteiger partial charge is 0.361 e. The average molecular weight is 1370 g/mol. The van der Waals surface area contributed by atoms with E-state index < -0.39 is 24.3 Å². The molecule has 0 aromatic heterocycles. The number of rotatable bonds is 69. The first kappa shape index (κ1) is 92.6. The van der Waals surface area contributed by atoms with Crippen LogP contribution in [0.15, 0.2) is 219 Å². The van der Waals surface area contributed by atoms with Gasteiger partial charge in [-0.1, -0.05) is 322 Å². The first-order chi connectivity index (χ1) is 48.6. The van der Waals surface area contributed by atoms with Gasteiger partial charge in [0.1, 0.15) is 13.2 Å². The number of unbranched alkanes of at least 4 members (excludes halogenated alkanes) is 18.